The fourth-order valence-corrected chi connectivity index (χ4v) is 3.92. The normalized spacial score (nSPS) is 14.5. The van der Waals surface area contributed by atoms with Gasteiger partial charge in [-0.3, -0.25) is 19.4 Å². The quantitative estimate of drug-likeness (QED) is 0.0551. The number of rotatable bonds is 19. The molecular weight excluding hydrogens is 532 g/mol. The molecule has 0 spiro atoms. The minimum absolute atomic E-state index is 0.0421. The number of aromatic hydroxyl groups is 1. The topological polar surface area (TPSA) is 261 Å². The monoisotopic (exact) mass is 578 g/mol. The maximum Gasteiger partial charge on any atom is 0.326 e. The summed E-state index contributed by atoms with van der Waals surface area (Å²) in [6.07, 6.45) is 2.35. The number of aliphatic imine (C=N–C) groups is 1. The van der Waals surface area contributed by atoms with Gasteiger partial charge < -0.3 is 49.1 Å². The van der Waals surface area contributed by atoms with Crippen LogP contribution < -0.4 is 38.9 Å². The van der Waals surface area contributed by atoms with Crippen molar-refractivity contribution in [2.75, 3.05) is 13.1 Å². The first-order valence-corrected chi connectivity index (χ1v) is 13.8. The minimum Gasteiger partial charge on any atom is -0.508 e. The summed E-state index contributed by atoms with van der Waals surface area (Å²) in [6.45, 7) is 4.29. The zero-order chi connectivity index (χ0) is 30.9. The summed E-state index contributed by atoms with van der Waals surface area (Å²) in [4.78, 5) is 55.1. The Balaban J connectivity index is 3.12. The summed E-state index contributed by atoms with van der Waals surface area (Å²) in [5.41, 5.74) is 22.9. The van der Waals surface area contributed by atoms with Gasteiger partial charge in [0.15, 0.2) is 5.96 Å². The molecule has 13 N–H and O–H groups in total. The first-order chi connectivity index (χ1) is 19.4. The van der Waals surface area contributed by atoms with E-state index >= 15 is 0 Å². The van der Waals surface area contributed by atoms with Crippen molar-refractivity contribution in [3.05, 3.63) is 29.8 Å². The van der Waals surface area contributed by atoms with Crippen LogP contribution in [0.4, 0.5) is 0 Å². The van der Waals surface area contributed by atoms with Crippen molar-refractivity contribution in [1.82, 2.24) is 16.0 Å². The second-order valence-corrected chi connectivity index (χ2v) is 10.0. The van der Waals surface area contributed by atoms with E-state index in [9.17, 15) is 29.4 Å². The maximum absolute atomic E-state index is 13.5. The van der Waals surface area contributed by atoms with Gasteiger partial charge in [0.1, 0.15) is 23.9 Å². The molecule has 0 aromatic heterocycles. The number of aliphatic carboxylic acids is 1. The van der Waals surface area contributed by atoms with Gasteiger partial charge in [-0.2, -0.15) is 0 Å². The first-order valence-electron chi connectivity index (χ1n) is 13.8. The van der Waals surface area contributed by atoms with Gasteiger partial charge >= 0.3 is 5.97 Å². The largest absolute Gasteiger partial charge is 0.508 e. The molecule has 0 radical (unpaired) electrons. The van der Waals surface area contributed by atoms with Crippen molar-refractivity contribution >= 4 is 29.7 Å². The number of carbonyl (C=O) groups excluding carboxylic acids is 3. The number of nitrogens with one attached hydrogen (secondary N) is 3. The summed E-state index contributed by atoms with van der Waals surface area (Å²) in [7, 11) is 0. The van der Waals surface area contributed by atoms with Crippen molar-refractivity contribution in [3.8, 4) is 5.75 Å². The Hall–Kier alpha value is -3.91. The molecule has 1 aromatic rings. The summed E-state index contributed by atoms with van der Waals surface area (Å²) in [6, 6.07) is 1.88. The number of carbonyl (C=O) groups is 4. The summed E-state index contributed by atoms with van der Waals surface area (Å²) in [5, 5.41) is 27.1. The van der Waals surface area contributed by atoms with Gasteiger partial charge in [0, 0.05) is 13.0 Å². The Morgan fingerprint density at radius 1 is 0.878 bits per heavy atom. The molecule has 41 heavy (non-hydrogen) atoms. The van der Waals surface area contributed by atoms with Crippen molar-refractivity contribution in [2.45, 2.75) is 83.0 Å². The lowest BCUT2D eigenvalue weighted by atomic mass is 9.98. The number of nitrogens with zero attached hydrogens (tertiary/aromatic N) is 1. The van der Waals surface area contributed by atoms with Gasteiger partial charge in [-0.1, -0.05) is 32.4 Å². The van der Waals surface area contributed by atoms with Gasteiger partial charge in [-0.05, 0) is 62.3 Å². The molecule has 3 amide bonds. The molecule has 0 saturated carbocycles. The number of carboxylic acid groups (broad SMARTS) is 1. The lowest BCUT2D eigenvalue weighted by molar-refractivity contribution is -0.142. The zero-order valence-electron chi connectivity index (χ0n) is 23.8. The molecule has 0 saturated heterocycles. The van der Waals surface area contributed by atoms with Crippen molar-refractivity contribution < 1.29 is 29.4 Å². The van der Waals surface area contributed by atoms with Crippen LogP contribution in [0.1, 0.15) is 57.9 Å². The Bertz CT molecular complexity index is 1020. The molecule has 0 fully saturated rings. The molecule has 5 atom stereocenters. The van der Waals surface area contributed by atoms with E-state index < -0.39 is 47.9 Å². The van der Waals surface area contributed by atoms with E-state index in [1.807, 2.05) is 13.8 Å². The number of hydrogen-bond acceptors (Lipinski definition) is 8. The number of carboxylic acids is 1. The third-order valence-electron chi connectivity index (χ3n) is 6.71. The molecule has 0 aliphatic heterocycles. The molecule has 14 heteroatoms. The SMILES string of the molecule is CCC(C)C(N)C(=O)NC(Cc1ccc(O)cc1)C(=O)NC(CCCCN)C(=O)NC(CCCN=C(N)N)C(=O)O. The number of guanidine groups is 1. The molecule has 230 valence electrons. The van der Waals surface area contributed by atoms with Crippen LogP contribution in [0, 0.1) is 5.92 Å². The van der Waals surface area contributed by atoms with E-state index in [0.717, 1.165) is 0 Å². The second kappa shape index (κ2) is 18.4. The molecule has 0 heterocycles. The molecule has 0 bridgehead atoms. The van der Waals surface area contributed by atoms with Gasteiger partial charge in [0.2, 0.25) is 17.7 Å². The highest BCUT2D eigenvalue weighted by Crippen LogP contribution is 2.13. The average Bonchev–Trinajstić information content (AvgIpc) is 2.93. The van der Waals surface area contributed by atoms with E-state index in [2.05, 4.69) is 20.9 Å². The summed E-state index contributed by atoms with van der Waals surface area (Å²) in [5.74, 6) is -3.31. The van der Waals surface area contributed by atoms with E-state index in [0.29, 0.717) is 37.8 Å². The zero-order valence-corrected chi connectivity index (χ0v) is 23.8. The predicted octanol–water partition coefficient (Wildman–Crippen LogP) is -0.970. The van der Waals surface area contributed by atoms with Crippen LogP contribution in [-0.4, -0.2) is 77.1 Å². The number of nitrogens with two attached hydrogens (primary N) is 4. The first kappa shape index (κ1) is 35.1. The highest BCUT2D eigenvalue weighted by molar-refractivity contribution is 5.94. The Morgan fingerprint density at radius 2 is 1.44 bits per heavy atom. The third kappa shape index (κ3) is 13.3. The second-order valence-electron chi connectivity index (χ2n) is 10.0. The van der Waals surface area contributed by atoms with Crippen LogP contribution in [0.2, 0.25) is 0 Å². The van der Waals surface area contributed by atoms with Crippen LogP contribution >= 0.6 is 0 Å². The van der Waals surface area contributed by atoms with Gasteiger partial charge in [0.05, 0.1) is 6.04 Å². The number of hydrogen-bond donors (Lipinski definition) is 9. The van der Waals surface area contributed by atoms with E-state index in [-0.39, 0.29) is 43.4 Å². The molecule has 5 unspecified atom stereocenters. The van der Waals surface area contributed by atoms with Crippen LogP contribution in [0.25, 0.3) is 0 Å². The number of amides is 3. The lowest BCUT2D eigenvalue weighted by Gasteiger charge is -2.26. The third-order valence-corrected chi connectivity index (χ3v) is 6.71. The fraction of sp³-hybridized carbons (Fsp3) is 0.593. The Labute approximate surface area is 240 Å². The number of phenolic OH excluding ortho intramolecular Hbond substituents is 1. The Kier molecular flexibility index (Phi) is 15.8. The molecule has 14 nitrogen and oxygen atoms in total. The summed E-state index contributed by atoms with van der Waals surface area (Å²) >= 11 is 0. The van der Waals surface area contributed by atoms with E-state index in [4.69, 9.17) is 22.9 Å². The standard InChI is InChI=1S/C27H46N8O6/c1-3-16(2)22(29)25(39)35-21(15-17-9-11-18(36)12-10-17)24(38)33-19(7-4-5-13-28)23(37)34-20(26(40)41)8-6-14-32-27(30)31/h9-12,16,19-22,36H,3-8,13-15,28-29H2,1-2H3,(H,33,38)(H,34,37)(H,35,39)(H,40,41)(H4,30,31,32). The van der Waals surface area contributed by atoms with Crippen LogP contribution in [0.3, 0.4) is 0 Å². The van der Waals surface area contributed by atoms with Crippen molar-refractivity contribution in [1.29, 1.82) is 0 Å². The maximum atomic E-state index is 13.5. The summed E-state index contributed by atoms with van der Waals surface area (Å²) < 4.78 is 0. The predicted molar refractivity (Wildman–Crippen MR) is 155 cm³/mol. The average molecular weight is 579 g/mol. The molecule has 0 aliphatic rings. The van der Waals surface area contributed by atoms with Crippen molar-refractivity contribution in [3.63, 3.8) is 0 Å². The van der Waals surface area contributed by atoms with Gasteiger partial charge in [-0.25, -0.2) is 4.79 Å². The Morgan fingerprint density at radius 3 is 2.00 bits per heavy atom. The van der Waals surface area contributed by atoms with Gasteiger partial charge in [0.25, 0.3) is 0 Å². The molecule has 1 rings (SSSR count). The van der Waals surface area contributed by atoms with Crippen LogP contribution in [0.5, 0.6) is 5.75 Å². The molecule has 1 aromatic carbocycles. The van der Waals surface area contributed by atoms with Crippen LogP contribution in [0.15, 0.2) is 29.3 Å². The van der Waals surface area contributed by atoms with E-state index in [1.165, 1.54) is 12.1 Å². The van der Waals surface area contributed by atoms with Crippen LogP contribution in [-0.2, 0) is 25.6 Å². The highest BCUT2D eigenvalue weighted by atomic mass is 16.4. The smallest absolute Gasteiger partial charge is 0.326 e. The minimum atomic E-state index is -1.24. The number of unbranched alkanes of at least 4 members (excludes halogenated alkanes) is 1. The molecule has 0 aliphatic carbocycles. The highest BCUT2D eigenvalue weighted by Gasteiger charge is 2.31. The number of benzene rings is 1. The van der Waals surface area contributed by atoms with Gasteiger partial charge in [-0.15, -0.1) is 0 Å². The number of phenols is 1. The van der Waals surface area contributed by atoms with Crippen molar-refractivity contribution in [2.24, 2.45) is 33.8 Å². The molecular formula is C27H46N8O6. The lowest BCUT2D eigenvalue weighted by Crippen LogP contribution is -2.58. The van der Waals surface area contributed by atoms with E-state index in [1.54, 1.807) is 12.1 Å². The fourth-order valence-electron chi connectivity index (χ4n) is 3.92.